The first-order valence-electron chi connectivity index (χ1n) is 6.90. The first-order chi connectivity index (χ1) is 10.2. The molecule has 0 unspecified atom stereocenters. The van der Waals surface area contributed by atoms with Crippen LogP contribution in [-0.2, 0) is 0 Å². The quantitative estimate of drug-likeness (QED) is 0.396. The summed E-state index contributed by atoms with van der Waals surface area (Å²) in [6.45, 7) is 2.10. The summed E-state index contributed by atoms with van der Waals surface area (Å²) in [7, 11) is 0. The molecule has 2 heteroatoms. The molecule has 0 saturated heterocycles. The predicted molar refractivity (Wildman–Crippen MR) is 91.6 cm³/mol. The van der Waals surface area contributed by atoms with Crippen LogP contribution in [-0.4, -0.2) is 0 Å². The van der Waals surface area contributed by atoms with E-state index in [9.17, 15) is 0 Å². The van der Waals surface area contributed by atoms with Gasteiger partial charge in [-0.2, -0.15) is 0 Å². The lowest BCUT2D eigenvalue weighted by Crippen LogP contribution is -1.81. The summed E-state index contributed by atoms with van der Waals surface area (Å²) in [4.78, 5) is 0. The molecule has 0 atom stereocenters. The topological polar surface area (TPSA) is 13.1 Å². The Labute approximate surface area is 131 Å². The monoisotopic (exact) mass is 336 g/mol. The van der Waals surface area contributed by atoms with Gasteiger partial charge >= 0.3 is 0 Å². The molecule has 1 heterocycles. The number of fused-ring (bicyclic) bond motifs is 3. The second-order valence-corrected chi connectivity index (χ2v) is 6.21. The maximum absolute atomic E-state index is 6.10. The van der Waals surface area contributed by atoms with Crippen LogP contribution in [0.4, 0.5) is 0 Å². The van der Waals surface area contributed by atoms with Gasteiger partial charge in [0.1, 0.15) is 11.2 Å². The van der Waals surface area contributed by atoms with Crippen LogP contribution in [0.25, 0.3) is 33.1 Å². The lowest BCUT2D eigenvalue weighted by Gasteiger charge is -2.05. The van der Waals surface area contributed by atoms with Crippen LogP contribution >= 0.6 is 15.9 Å². The Morgan fingerprint density at radius 3 is 2.52 bits per heavy atom. The lowest BCUT2D eigenvalue weighted by atomic mass is 10.0. The fraction of sp³-hybridized carbons (Fsp3) is 0.0526. The predicted octanol–water partition coefficient (Wildman–Crippen LogP) is 6.32. The van der Waals surface area contributed by atoms with E-state index in [-0.39, 0.29) is 0 Å². The first-order valence-corrected chi connectivity index (χ1v) is 7.69. The van der Waals surface area contributed by atoms with E-state index in [1.807, 2.05) is 18.2 Å². The van der Waals surface area contributed by atoms with Gasteiger partial charge in [0, 0.05) is 20.8 Å². The molecule has 0 bridgehead atoms. The maximum atomic E-state index is 6.10. The van der Waals surface area contributed by atoms with Crippen molar-refractivity contribution in [3.63, 3.8) is 0 Å². The van der Waals surface area contributed by atoms with Gasteiger partial charge in [0.25, 0.3) is 0 Å². The van der Waals surface area contributed by atoms with Crippen LogP contribution in [0.2, 0.25) is 0 Å². The number of aryl methyl sites for hydroxylation is 1. The minimum Gasteiger partial charge on any atom is -0.455 e. The number of hydrogen-bond acceptors (Lipinski definition) is 1. The summed E-state index contributed by atoms with van der Waals surface area (Å²) in [5.74, 6) is 0. The van der Waals surface area contributed by atoms with Gasteiger partial charge in [-0.15, -0.1) is 0 Å². The molecule has 1 nitrogen and oxygen atoms in total. The summed E-state index contributed by atoms with van der Waals surface area (Å²) >= 11 is 3.58. The fourth-order valence-corrected chi connectivity index (χ4v) is 3.47. The number of halogens is 1. The van der Waals surface area contributed by atoms with Gasteiger partial charge in [0.2, 0.25) is 0 Å². The van der Waals surface area contributed by atoms with Crippen molar-refractivity contribution in [2.24, 2.45) is 0 Å². The molecule has 21 heavy (non-hydrogen) atoms. The molecule has 0 spiro atoms. The molecule has 0 saturated carbocycles. The highest BCUT2D eigenvalue weighted by Crippen LogP contribution is 2.36. The maximum Gasteiger partial charge on any atom is 0.143 e. The molecule has 0 N–H and O–H groups in total. The lowest BCUT2D eigenvalue weighted by molar-refractivity contribution is 0.670. The summed E-state index contributed by atoms with van der Waals surface area (Å²) in [6, 6.07) is 20.9. The average molecular weight is 337 g/mol. The summed E-state index contributed by atoms with van der Waals surface area (Å²) in [5.41, 5.74) is 5.43. The molecule has 0 aliphatic heterocycles. The third-order valence-corrected chi connectivity index (χ3v) is 4.22. The molecule has 0 aliphatic rings. The second-order valence-electron chi connectivity index (χ2n) is 5.30. The van der Waals surface area contributed by atoms with Gasteiger partial charge in [-0.3, -0.25) is 0 Å². The van der Waals surface area contributed by atoms with Crippen LogP contribution in [0.1, 0.15) is 5.56 Å². The highest BCUT2D eigenvalue weighted by atomic mass is 79.9. The number of furan rings is 1. The normalized spacial score (nSPS) is 11.3. The van der Waals surface area contributed by atoms with Crippen molar-refractivity contribution in [2.75, 3.05) is 0 Å². The van der Waals surface area contributed by atoms with E-state index in [0.29, 0.717) is 0 Å². The Morgan fingerprint density at radius 2 is 1.67 bits per heavy atom. The van der Waals surface area contributed by atoms with Crippen molar-refractivity contribution in [3.05, 3.63) is 70.7 Å². The Kier molecular flexibility index (Phi) is 2.86. The van der Waals surface area contributed by atoms with Crippen LogP contribution in [0.3, 0.4) is 0 Å². The molecule has 0 radical (unpaired) electrons. The van der Waals surface area contributed by atoms with Crippen LogP contribution in [0.15, 0.2) is 69.6 Å². The number of hydrogen-bond donors (Lipinski definition) is 0. The van der Waals surface area contributed by atoms with Crippen LogP contribution in [0.5, 0.6) is 0 Å². The van der Waals surface area contributed by atoms with Gasteiger partial charge in [0.05, 0.1) is 0 Å². The molecule has 0 aliphatic carbocycles. The Balaban J connectivity index is 2.09. The molecule has 4 aromatic rings. The zero-order valence-corrected chi connectivity index (χ0v) is 13.1. The van der Waals surface area contributed by atoms with Gasteiger partial charge in [0.15, 0.2) is 0 Å². The minimum atomic E-state index is 0.937. The van der Waals surface area contributed by atoms with Crippen molar-refractivity contribution < 1.29 is 4.42 Å². The third-order valence-electron chi connectivity index (χ3n) is 3.76. The van der Waals surface area contributed by atoms with Gasteiger partial charge < -0.3 is 4.42 Å². The Hall–Kier alpha value is -2.06. The van der Waals surface area contributed by atoms with Crippen LogP contribution in [0, 0.1) is 6.92 Å². The summed E-state index contributed by atoms with van der Waals surface area (Å²) < 4.78 is 7.19. The van der Waals surface area contributed by atoms with Crippen molar-refractivity contribution in [1.29, 1.82) is 0 Å². The Bertz CT molecular complexity index is 946. The zero-order chi connectivity index (χ0) is 14.4. The molecule has 1 aromatic heterocycles. The van der Waals surface area contributed by atoms with Gasteiger partial charge in [-0.05, 0) is 36.2 Å². The number of benzene rings is 3. The average Bonchev–Trinajstić information content (AvgIpc) is 2.84. The number of para-hydroxylation sites is 2. The molecule has 3 aromatic carbocycles. The van der Waals surface area contributed by atoms with E-state index in [4.69, 9.17) is 4.42 Å². The molecule has 0 amide bonds. The molecule has 102 valence electrons. The van der Waals surface area contributed by atoms with E-state index >= 15 is 0 Å². The molecular formula is C19H13BrO. The zero-order valence-electron chi connectivity index (χ0n) is 11.6. The molecular weight excluding hydrogens is 324 g/mol. The van der Waals surface area contributed by atoms with E-state index in [0.717, 1.165) is 21.2 Å². The Morgan fingerprint density at radius 1 is 0.857 bits per heavy atom. The van der Waals surface area contributed by atoms with Crippen LogP contribution < -0.4 is 0 Å². The van der Waals surface area contributed by atoms with Crippen molar-refractivity contribution in [3.8, 4) is 11.1 Å². The highest BCUT2D eigenvalue weighted by Gasteiger charge is 2.12. The van der Waals surface area contributed by atoms with E-state index in [1.165, 1.54) is 21.9 Å². The van der Waals surface area contributed by atoms with E-state index in [2.05, 4.69) is 65.3 Å². The third kappa shape index (κ3) is 2.07. The molecule has 0 fully saturated rings. The van der Waals surface area contributed by atoms with Crippen molar-refractivity contribution in [2.45, 2.75) is 6.92 Å². The smallest absolute Gasteiger partial charge is 0.143 e. The second kappa shape index (κ2) is 4.74. The SMILES string of the molecule is Cc1cc(Br)cc(-c2cccc3c2oc2ccccc23)c1. The van der Waals surface area contributed by atoms with Crippen molar-refractivity contribution in [1.82, 2.24) is 0 Å². The molecule has 4 rings (SSSR count). The minimum absolute atomic E-state index is 0.937. The van der Waals surface area contributed by atoms with Gasteiger partial charge in [-0.25, -0.2) is 0 Å². The van der Waals surface area contributed by atoms with Crippen molar-refractivity contribution >= 4 is 37.9 Å². The fourth-order valence-electron chi connectivity index (χ4n) is 2.87. The number of rotatable bonds is 1. The van der Waals surface area contributed by atoms with E-state index < -0.39 is 0 Å². The highest BCUT2D eigenvalue weighted by molar-refractivity contribution is 9.10. The van der Waals surface area contributed by atoms with Gasteiger partial charge in [-0.1, -0.05) is 58.4 Å². The largest absolute Gasteiger partial charge is 0.455 e. The first kappa shape index (κ1) is 12.7. The standard InChI is InChI=1S/C19H13BrO/c1-12-9-13(11-14(20)10-12)15-6-4-7-17-16-5-2-3-8-18(16)21-19(15)17/h2-11H,1H3. The summed E-state index contributed by atoms with van der Waals surface area (Å²) in [5, 5.41) is 2.33. The summed E-state index contributed by atoms with van der Waals surface area (Å²) in [6.07, 6.45) is 0. The van der Waals surface area contributed by atoms with E-state index in [1.54, 1.807) is 0 Å².